The van der Waals surface area contributed by atoms with Crippen LogP contribution in [0, 0.1) is 13.8 Å². The third-order valence-corrected chi connectivity index (χ3v) is 11.0. The molecule has 0 atom stereocenters. The topological polar surface area (TPSA) is 25.2 Å². The highest BCUT2D eigenvalue weighted by Crippen LogP contribution is 2.44. The van der Waals surface area contributed by atoms with E-state index in [9.17, 15) is 0 Å². The zero-order valence-electron chi connectivity index (χ0n) is 30.5. The van der Waals surface area contributed by atoms with Crippen LogP contribution in [0.2, 0.25) is 0 Å². The predicted molar refractivity (Wildman–Crippen MR) is 230 cm³/mol. The summed E-state index contributed by atoms with van der Waals surface area (Å²) in [7, 11) is 0. The van der Waals surface area contributed by atoms with Crippen molar-refractivity contribution in [2.75, 3.05) is 5.32 Å². The normalized spacial score (nSPS) is 12.4. The Morgan fingerprint density at radius 3 is 2.15 bits per heavy atom. The van der Waals surface area contributed by atoms with E-state index in [2.05, 4.69) is 189 Å². The highest BCUT2D eigenvalue weighted by atomic mass is 16.3. The smallest absolute Gasteiger partial charge is 0.143 e. The summed E-state index contributed by atoms with van der Waals surface area (Å²) in [5.74, 6) is 0. The van der Waals surface area contributed by atoms with Crippen molar-refractivity contribution in [2.24, 2.45) is 0 Å². The molecule has 1 aliphatic carbocycles. The first-order valence-electron chi connectivity index (χ1n) is 18.9. The molecule has 2 nitrogen and oxygen atoms in total. The Balaban J connectivity index is 1.10. The third-order valence-electron chi connectivity index (χ3n) is 11.0. The van der Waals surface area contributed by atoms with Crippen LogP contribution in [0.4, 0.5) is 11.4 Å². The van der Waals surface area contributed by atoms with Crippen LogP contribution in [-0.2, 0) is 6.42 Å². The van der Waals surface area contributed by atoms with Crippen LogP contribution in [0.25, 0.3) is 83.3 Å². The van der Waals surface area contributed by atoms with Gasteiger partial charge in [0.2, 0.25) is 0 Å². The standard InChI is InChI=1S/C52H39NO/c1-33-16-27-50-47(28-33)48-30-34(2)29-45(52(48)54-50)37-19-23-42(24-20-37)53-49-26-22-41(40-18-17-35-10-6-7-14-39(35)31-40)32-46(49)44-25-21-36-11-8-9-15-43(36)51(44)38-12-4-3-5-13-38/h3-8,10-14,16-32,53H,9,15H2,1-2H3. The Kier molecular flexibility index (Phi) is 7.77. The Labute approximate surface area is 316 Å². The van der Waals surface area contributed by atoms with Crippen LogP contribution >= 0.6 is 0 Å². The fourth-order valence-corrected chi connectivity index (χ4v) is 8.35. The zero-order valence-corrected chi connectivity index (χ0v) is 30.5. The Morgan fingerprint density at radius 2 is 1.28 bits per heavy atom. The van der Waals surface area contributed by atoms with Crippen LogP contribution < -0.4 is 5.32 Å². The van der Waals surface area contributed by atoms with Gasteiger partial charge in [-0.05, 0) is 142 Å². The number of hydrogen-bond acceptors (Lipinski definition) is 2. The van der Waals surface area contributed by atoms with Gasteiger partial charge in [-0.25, -0.2) is 0 Å². The lowest BCUT2D eigenvalue weighted by molar-refractivity contribution is 0.670. The number of rotatable bonds is 6. The summed E-state index contributed by atoms with van der Waals surface area (Å²) in [4.78, 5) is 0. The molecule has 0 radical (unpaired) electrons. The predicted octanol–water partition coefficient (Wildman–Crippen LogP) is 14.7. The summed E-state index contributed by atoms with van der Waals surface area (Å²) >= 11 is 0. The Hall–Kier alpha value is -6.64. The highest BCUT2D eigenvalue weighted by molar-refractivity contribution is 6.10. The SMILES string of the molecule is Cc1ccc2oc3c(-c4ccc(Nc5ccc(-c6ccc7ccccc7c6)cc5-c5ccc6c(c5-c5ccccc5)CCC=C6)cc4)cc(C)cc3c2c1. The molecule has 1 heterocycles. The quantitative estimate of drug-likeness (QED) is 0.188. The average Bonchev–Trinajstić information content (AvgIpc) is 3.58. The van der Waals surface area contributed by atoms with Gasteiger partial charge in [-0.1, -0.05) is 121 Å². The van der Waals surface area contributed by atoms with Gasteiger partial charge in [0.25, 0.3) is 0 Å². The van der Waals surface area contributed by atoms with E-state index >= 15 is 0 Å². The van der Waals surface area contributed by atoms with Crippen molar-refractivity contribution in [3.63, 3.8) is 0 Å². The molecular formula is C52H39NO. The van der Waals surface area contributed by atoms with Crippen LogP contribution in [0.1, 0.15) is 28.7 Å². The van der Waals surface area contributed by atoms with Gasteiger partial charge in [0.05, 0.1) is 0 Å². The maximum Gasteiger partial charge on any atom is 0.143 e. The molecule has 10 rings (SSSR count). The molecule has 258 valence electrons. The lowest BCUT2D eigenvalue weighted by Gasteiger charge is -2.23. The van der Waals surface area contributed by atoms with Crippen molar-refractivity contribution in [3.05, 3.63) is 186 Å². The van der Waals surface area contributed by atoms with E-state index in [0.29, 0.717) is 0 Å². The number of nitrogens with one attached hydrogen (secondary N) is 1. The monoisotopic (exact) mass is 693 g/mol. The lowest BCUT2D eigenvalue weighted by Crippen LogP contribution is -2.02. The van der Waals surface area contributed by atoms with Crippen LogP contribution in [-0.4, -0.2) is 0 Å². The number of aryl methyl sites for hydroxylation is 2. The molecule has 1 aliphatic rings. The van der Waals surface area contributed by atoms with Crippen molar-refractivity contribution in [1.82, 2.24) is 0 Å². The minimum absolute atomic E-state index is 0.925. The molecule has 0 saturated carbocycles. The van der Waals surface area contributed by atoms with Gasteiger partial charge in [0.15, 0.2) is 0 Å². The van der Waals surface area contributed by atoms with Crippen LogP contribution in [0.15, 0.2) is 168 Å². The lowest BCUT2D eigenvalue weighted by atomic mass is 9.83. The molecule has 1 aromatic heterocycles. The first kappa shape index (κ1) is 32.0. The van der Waals surface area contributed by atoms with E-state index in [0.717, 1.165) is 51.9 Å². The minimum atomic E-state index is 0.925. The average molecular weight is 694 g/mol. The summed E-state index contributed by atoms with van der Waals surface area (Å²) in [5.41, 5.74) is 18.8. The molecule has 0 bridgehead atoms. The van der Waals surface area contributed by atoms with Crippen molar-refractivity contribution in [1.29, 1.82) is 0 Å². The first-order chi connectivity index (χ1) is 26.6. The van der Waals surface area contributed by atoms with Crippen LogP contribution in [0.3, 0.4) is 0 Å². The van der Waals surface area contributed by atoms with E-state index in [1.54, 1.807) is 0 Å². The number of anilines is 2. The molecule has 0 spiro atoms. The zero-order chi connectivity index (χ0) is 36.2. The molecule has 0 unspecified atom stereocenters. The second kappa shape index (κ2) is 13.1. The van der Waals surface area contributed by atoms with Gasteiger partial charge in [-0.15, -0.1) is 0 Å². The fourth-order valence-electron chi connectivity index (χ4n) is 8.35. The van der Waals surface area contributed by atoms with Crippen molar-refractivity contribution in [3.8, 4) is 44.5 Å². The third kappa shape index (κ3) is 5.68. The summed E-state index contributed by atoms with van der Waals surface area (Å²) in [6.45, 7) is 4.30. The molecule has 0 fully saturated rings. The molecule has 2 heteroatoms. The number of allylic oxidation sites excluding steroid dienone is 1. The van der Waals surface area contributed by atoms with Gasteiger partial charge in [0, 0.05) is 33.3 Å². The molecule has 0 amide bonds. The summed E-state index contributed by atoms with van der Waals surface area (Å²) in [5, 5.41) is 8.68. The molecule has 0 saturated heterocycles. The van der Waals surface area contributed by atoms with E-state index in [-0.39, 0.29) is 0 Å². The van der Waals surface area contributed by atoms with Gasteiger partial charge in [-0.2, -0.15) is 0 Å². The second-order valence-electron chi connectivity index (χ2n) is 14.7. The van der Waals surface area contributed by atoms with Crippen LogP contribution in [0.5, 0.6) is 0 Å². The number of fused-ring (bicyclic) bond motifs is 5. The molecule has 1 N–H and O–H groups in total. The van der Waals surface area contributed by atoms with Gasteiger partial charge in [0.1, 0.15) is 11.2 Å². The summed E-state index contributed by atoms with van der Waals surface area (Å²) in [6.07, 6.45) is 6.65. The molecule has 9 aromatic rings. The van der Waals surface area contributed by atoms with Crippen molar-refractivity contribution >= 4 is 50.2 Å². The van der Waals surface area contributed by atoms with E-state index in [1.165, 1.54) is 71.8 Å². The molecule has 0 aliphatic heterocycles. The number of benzene rings is 8. The second-order valence-corrected chi connectivity index (χ2v) is 14.7. The maximum absolute atomic E-state index is 6.48. The fraction of sp³-hybridized carbons (Fsp3) is 0.0769. The maximum atomic E-state index is 6.48. The highest BCUT2D eigenvalue weighted by Gasteiger charge is 2.20. The number of furan rings is 1. The Morgan fingerprint density at radius 1 is 0.519 bits per heavy atom. The minimum Gasteiger partial charge on any atom is -0.455 e. The Bertz CT molecular complexity index is 2910. The summed E-state index contributed by atoms with van der Waals surface area (Å²) in [6, 6.07) is 57.5. The molecule has 8 aromatic carbocycles. The largest absolute Gasteiger partial charge is 0.455 e. The first-order valence-corrected chi connectivity index (χ1v) is 18.9. The molecule has 54 heavy (non-hydrogen) atoms. The van der Waals surface area contributed by atoms with Gasteiger partial charge in [-0.3, -0.25) is 0 Å². The van der Waals surface area contributed by atoms with Crippen molar-refractivity contribution in [2.45, 2.75) is 26.7 Å². The van der Waals surface area contributed by atoms with Gasteiger partial charge < -0.3 is 9.73 Å². The summed E-state index contributed by atoms with van der Waals surface area (Å²) < 4.78 is 6.48. The number of hydrogen-bond donors (Lipinski definition) is 1. The van der Waals surface area contributed by atoms with Crippen molar-refractivity contribution < 1.29 is 4.42 Å². The molecular weight excluding hydrogens is 655 g/mol. The van der Waals surface area contributed by atoms with E-state index in [1.807, 2.05) is 0 Å². The van der Waals surface area contributed by atoms with Gasteiger partial charge >= 0.3 is 0 Å². The van der Waals surface area contributed by atoms with E-state index < -0.39 is 0 Å². The van der Waals surface area contributed by atoms with E-state index in [4.69, 9.17) is 4.42 Å².